The molecule has 0 bridgehead atoms. The summed E-state index contributed by atoms with van der Waals surface area (Å²) in [6, 6.07) is 4.18. The van der Waals surface area contributed by atoms with Crippen molar-refractivity contribution in [1.82, 2.24) is 0 Å². The molecule has 78 valence electrons. The van der Waals surface area contributed by atoms with Crippen molar-refractivity contribution in [3.05, 3.63) is 34.4 Å². The molecule has 1 unspecified atom stereocenters. The Kier molecular flexibility index (Phi) is 3.67. The average Bonchev–Trinajstić information content (AvgIpc) is 2.16. The first-order valence-corrected chi connectivity index (χ1v) is 5.16. The van der Waals surface area contributed by atoms with Crippen molar-refractivity contribution in [3.8, 4) is 0 Å². The van der Waals surface area contributed by atoms with Crippen LogP contribution in [0, 0.1) is 6.92 Å². The Morgan fingerprint density at radius 1 is 1.29 bits per heavy atom. The van der Waals surface area contributed by atoms with Crippen LogP contribution in [0.25, 0.3) is 0 Å². The van der Waals surface area contributed by atoms with Crippen molar-refractivity contribution < 1.29 is 5.11 Å². The Labute approximate surface area is 85.8 Å². The molecule has 0 aromatic heterocycles. The van der Waals surface area contributed by atoms with E-state index in [2.05, 4.69) is 26.8 Å². The zero-order valence-corrected chi connectivity index (χ0v) is 9.17. The molecule has 0 aliphatic carbocycles. The molecule has 0 saturated carbocycles. The van der Waals surface area contributed by atoms with Crippen LogP contribution in [0.2, 0.25) is 0 Å². The van der Waals surface area contributed by atoms with Gasteiger partial charge in [-0.3, -0.25) is 0 Å². The van der Waals surface area contributed by atoms with Crippen molar-refractivity contribution in [2.75, 3.05) is 0 Å². The van der Waals surface area contributed by atoms with Gasteiger partial charge < -0.3 is 10.8 Å². The minimum atomic E-state index is -0.852. The second kappa shape index (κ2) is 4.58. The minimum Gasteiger partial charge on any atom is -0.375 e. The number of aryl methyl sites for hydroxylation is 2. The van der Waals surface area contributed by atoms with Crippen LogP contribution in [0.3, 0.4) is 0 Å². The van der Waals surface area contributed by atoms with Crippen LogP contribution >= 0.6 is 0 Å². The predicted molar refractivity (Wildman–Crippen MR) is 59.1 cm³/mol. The van der Waals surface area contributed by atoms with E-state index in [-0.39, 0.29) is 0 Å². The monoisotopic (exact) mass is 193 g/mol. The molecule has 1 rings (SSSR count). The molecule has 0 heterocycles. The van der Waals surface area contributed by atoms with Gasteiger partial charge in [-0.15, -0.1) is 0 Å². The van der Waals surface area contributed by atoms with E-state index in [1.54, 1.807) is 0 Å². The summed E-state index contributed by atoms with van der Waals surface area (Å²) >= 11 is 0. The molecule has 3 N–H and O–H groups in total. The maximum Gasteiger partial charge on any atom is 0.128 e. The van der Waals surface area contributed by atoms with Crippen molar-refractivity contribution >= 4 is 0 Å². The number of hydrogen-bond acceptors (Lipinski definition) is 2. The molecular weight excluding hydrogens is 174 g/mol. The van der Waals surface area contributed by atoms with Gasteiger partial charge in [-0.05, 0) is 42.0 Å². The smallest absolute Gasteiger partial charge is 0.128 e. The number of benzene rings is 1. The molecule has 0 aliphatic heterocycles. The van der Waals surface area contributed by atoms with E-state index in [4.69, 9.17) is 5.73 Å². The van der Waals surface area contributed by atoms with Gasteiger partial charge in [0.1, 0.15) is 6.23 Å². The van der Waals surface area contributed by atoms with Gasteiger partial charge in [-0.25, -0.2) is 0 Å². The molecule has 2 nitrogen and oxygen atoms in total. The fraction of sp³-hybridized carbons (Fsp3) is 0.500. The lowest BCUT2D eigenvalue weighted by molar-refractivity contribution is 0.185. The van der Waals surface area contributed by atoms with Gasteiger partial charge in [0.15, 0.2) is 0 Å². The topological polar surface area (TPSA) is 46.2 Å². The molecule has 2 heteroatoms. The van der Waals surface area contributed by atoms with E-state index in [0.29, 0.717) is 0 Å². The van der Waals surface area contributed by atoms with Crippen LogP contribution in [0.15, 0.2) is 12.1 Å². The van der Waals surface area contributed by atoms with Crippen molar-refractivity contribution in [1.29, 1.82) is 0 Å². The highest BCUT2D eigenvalue weighted by Gasteiger charge is 2.10. The molecule has 14 heavy (non-hydrogen) atoms. The van der Waals surface area contributed by atoms with Gasteiger partial charge in [-0.2, -0.15) is 0 Å². The molecule has 1 atom stereocenters. The maximum absolute atomic E-state index is 9.46. The standard InChI is InChI=1S/C12H19NO/c1-4-9-6-8(3)10(5-2)11(7-9)12(13)14/h6-7,12,14H,4-5,13H2,1-3H3. The summed E-state index contributed by atoms with van der Waals surface area (Å²) in [5.74, 6) is 0. The van der Waals surface area contributed by atoms with Gasteiger partial charge >= 0.3 is 0 Å². The van der Waals surface area contributed by atoms with Gasteiger partial charge in [-0.1, -0.05) is 26.0 Å². The Balaban J connectivity index is 3.28. The highest BCUT2D eigenvalue weighted by atomic mass is 16.3. The number of nitrogens with two attached hydrogens (primary N) is 1. The van der Waals surface area contributed by atoms with E-state index in [1.807, 2.05) is 6.07 Å². The van der Waals surface area contributed by atoms with Gasteiger partial charge in [0.05, 0.1) is 0 Å². The zero-order valence-electron chi connectivity index (χ0n) is 9.17. The van der Waals surface area contributed by atoms with Crippen LogP contribution < -0.4 is 5.73 Å². The van der Waals surface area contributed by atoms with E-state index in [9.17, 15) is 5.11 Å². The third-order valence-corrected chi connectivity index (χ3v) is 2.65. The predicted octanol–water partition coefficient (Wildman–Crippen LogP) is 2.07. The normalized spacial score (nSPS) is 12.9. The lowest BCUT2D eigenvalue weighted by Crippen LogP contribution is -2.12. The Hall–Kier alpha value is -0.860. The highest BCUT2D eigenvalue weighted by molar-refractivity contribution is 5.39. The fourth-order valence-corrected chi connectivity index (χ4v) is 1.87. The summed E-state index contributed by atoms with van der Waals surface area (Å²) in [4.78, 5) is 0. The van der Waals surface area contributed by atoms with Crippen molar-refractivity contribution in [2.24, 2.45) is 5.73 Å². The fourth-order valence-electron chi connectivity index (χ4n) is 1.87. The molecule has 0 saturated heterocycles. The molecule has 1 aromatic rings. The SMILES string of the molecule is CCc1cc(C)c(CC)c(C(N)O)c1. The van der Waals surface area contributed by atoms with Crippen molar-refractivity contribution in [2.45, 2.75) is 39.8 Å². The van der Waals surface area contributed by atoms with E-state index < -0.39 is 6.23 Å². The number of aliphatic hydroxyl groups excluding tert-OH is 1. The lowest BCUT2D eigenvalue weighted by Gasteiger charge is -2.15. The van der Waals surface area contributed by atoms with Crippen molar-refractivity contribution in [3.63, 3.8) is 0 Å². The van der Waals surface area contributed by atoms with Gasteiger partial charge in [0.2, 0.25) is 0 Å². The minimum absolute atomic E-state index is 0.852. The molecule has 1 aromatic carbocycles. The summed E-state index contributed by atoms with van der Waals surface area (Å²) in [5, 5.41) is 9.46. The van der Waals surface area contributed by atoms with Crippen LogP contribution in [0.1, 0.15) is 42.3 Å². The molecule has 0 spiro atoms. The Morgan fingerprint density at radius 3 is 2.36 bits per heavy atom. The summed E-state index contributed by atoms with van der Waals surface area (Å²) < 4.78 is 0. The summed E-state index contributed by atoms with van der Waals surface area (Å²) in [5.41, 5.74) is 10.1. The Bertz CT molecular complexity index is 318. The average molecular weight is 193 g/mol. The lowest BCUT2D eigenvalue weighted by atomic mass is 9.95. The number of hydrogen-bond donors (Lipinski definition) is 2. The summed E-state index contributed by atoms with van der Waals surface area (Å²) in [6.07, 6.45) is 1.04. The third kappa shape index (κ3) is 2.14. The largest absolute Gasteiger partial charge is 0.375 e. The molecule has 0 amide bonds. The molecular formula is C12H19NO. The first-order chi connectivity index (χ1) is 6.60. The Morgan fingerprint density at radius 2 is 1.93 bits per heavy atom. The summed E-state index contributed by atoms with van der Waals surface area (Å²) in [7, 11) is 0. The highest BCUT2D eigenvalue weighted by Crippen LogP contribution is 2.21. The second-order valence-corrected chi connectivity index (χ2v) is 3.63. The first kappa shape index (κ1) is 11.2. The second-order valence-electron chi connectivity index (χ2n) is 3.63. The van der Waals surface area contributed by atoms with E-state index in [0.717, 1.165) is 18.4 Å². The molecule has 0 radical (unpaired) electrons. The quantitative estimate of drug-likeness (QED) is 0.722. The van der Waals surface area contributed by atoms with E-state index in [1.165, 1.54) is 16.7 Å². The molecule has 0 aliphatic rings. The summed E-state index contributed by atoms with van der Waals surface area (Å²) in [6.45, 7) is 6.26. The zero-order chi connectivity index (χ0) is 10.7. The van der Waals surface area contributed by atoms with Crippen LogP contribution in [0.4, 0.5) is 0 Å². The first-order valence-electron chi connectivity index (χ1n) is 5.16. The third-order valence-electron chi connectivity index (χ3n) is 2.65. The van der Waals surface area contributed by atoms with Crippen LogP contribution in [0.5, 0.6) is 0 Å². The maximum atomic E-state index is 9.46. The van der Waals surface area contributed by atoms with Gasteiger partial charge in [0.25, 0.3) is 0 Å². The van der Waals surface area contributed by atoms with Crippen LogP contribution in [-0.4, -0.2) is 5.11 Å². The van der Waals surface area contributed by atoms with Gasteiger partial charge in [0, 0.05) is 0 Å². The molecule has 0 fully saturated rings. The van der Waals surface area contributed by atoms with E-state index >= 15 is 0 Å². The van der Waals surface area contributed by atoms with Crippen LogP contribution in [-0.2, 0) is 12.8 Å². The number of rotatable bonds is 3. The number of aliphatic hydroxyl groups is 1.